The second kappa shape index (κ2) is 5.09. The Morgan fingerprint density at radius 2 is 1.93 bits per heavy atom. The van der Waals surface area contributed by atoms with Gasteiger partial charge in [0.15, 0.2) is 9.84 Å². The summed E-state index contributed by atoms with van der Waals surface area (Å²) in [5, 5.41) is 12.0. The number of nitrogens with one attached hydrogen (secondary N) is 1. The van der Waals surface area contributed by atoms with Gasteiger partial charge in [-0.25, -0.2) is 8.42 Å². The van der Waals surface area contributed by atoms with Crippen molar-refractivity contribution in [3.63, 3.8) is 0 Å². The Kier molecular flexibility index (Phi) is 5.05. The lowest BCUT2D eigenvalue weighted by Gasteiger charge is -2.25. The van der Waals surface area contributed by atoms with Gasteiger partial charge in [-0.15, -0.1) is 0 Å². The number of aliphatic hydroxyl groups excluding tert-OH is 1. The van der Waals surface area contributed by atoms with Gasteiger partial charge >= 0.3 is 0 Å². The van der Waals surface area contributed by atoms with Gasteiger partial charge in [-0.2, -0.15) is 0 Å². The Bertz CT molecular complexity index is 255. The molecule has 0 rings (SSSR count). The van der Waals surface area contributed by atoms with Crippen LogP contribution < -0.4 is 5.32 Å². The van der Waals surface area contributed by atoms with Crippen molar-refractivity contribution in [3.8, 4) is 0 Å². The van der Waals surface area contributed by atoms with E-state index >= 15 is 0 Å². The maximum atomic E-state index is 11.3. The third kappa shape index (κ3) is 3.94. The summed E-state index contributed by atoms with van der Waals surface area (Å²) in [6.07, 6.45) is 2.02. The molecule has 0 bridgehead atoms. The molecule has 0 aromatic heterocycles. The molecule has 5 heteroatoms. The van der Waals surface area contributed by atoms with Crippen molar-refractivity contribution in [2.45, 2.75) is 38.0 Å². The Morgan fingerprint density at radius 1 is 1.43 bits per heavy atom. The van der Waals surface area contributed by atoms with Gasteiger partial charge < -0.3 is 10.4 Å². The van der Waals surface area contributed by atoms with E-state index in [9.17, 15) is 8.42 Å². The highest BCUT2D eigenvalue weighted by atomic mass is 32.2. The minimum absolute atomic E-state index is 0.0176. The number of hydrogen-bond donors (Lipinski definition) is 2. The molecule has 0 aromatic rings. The summed E-state index contributed by atoms with van der Waals surface area (Å²) in [5.41, 5.74) is 0. The van der Waals surface area contributed by atoms with Crippen LogP contribution in [0.25, 0.3) is 0 Å². The zero-order valence-corrected chi connectivity index (χ0v) is 10.2. The smallest absolute Gasteiger partial charge is 0.153 e. The molecule has 0 aliphatic carbocycles. The zero-order valence-electron chi connectivity index (χ0n) is 9.37. The molecule has 86 valence electrons. The first kappa shape index (κ1) is 13.9. The fourth-order valence-corrected chi connectivity index (χ4v) is 1.20. The quantitative estimate of drug-likeness (QED) is 0.673. The van der Waals surface area contributed by atoms with Gasteiger partial charge in [0.1, 0.15) is 0 Å². The molecule has 0 saturated carbocycles. The van der Waals surface area contributed by atoms with Crippen LogP contribution in [0.2, 0.25) is 0 Å². The highest BCUT2D eigenvalue weighted by Gasteiger charge is 2.30. The first-order chi connectivity index (χ1) is 6.24. The Morgan fingerprint density at radius 3 is 2.21 bits per heavy atom. The molecular weight excluding hydrogens is 202 g/mol. The maximum absolute atomic E-state index is 11.3. The van der Waals surface area contributed by atoms with Gasteiger partial charge in [0, 0.05) is 18.8 Å². The molecule has 14 heavy (non-hydrogen) atoms. The maximum Gasteiger partial charge on any atom is 0.153 e. The summed E-state index contributed by atoms with van der Waals surface area (Å²) in [5.74, 6) is 0. The van der Waals surface area contributed by atoms with Crippen molar-refractivity contribution in [2.24, 2.45) is 0 Å². The van der Waals surface area contributed by atoms with Gasteiger partial charge in [-0.3, -0.25) is 0 Å². The Balaban J connectivity index is 4.26. The lowest BCUT2D eigenvalue weighted by Crippen LogP contribution is -2.46. The van der Waals surface area contributed by atoms with Crippen LogP contribution in [0.4, 0.5) is 0 Å². The van der Waals surface area contributed by atoms with Crippen molar-refractivity contribution in [3.05, 3.63) is 0 Å². The van der Waals surface area contributed by atoms with E-state index in [4.69, 9.17) is 5.11 Å². The van der Waals surface area contributed by atoms with E-state index < -0.39 is 14.6 Å². The molecule has 4 nitrogen and oxygen atoms in total. The van der Waals surface area contributed by atoms with Gasteiger partial charge in [0.25, 0.3) is 0 Å². The largest absolute Gasteiger partial charge is 0.395 e. The van der Waals surface area contributed by atoms with Gasteiger partial charge in [0.05, 0.1) is 11.4 Å². The molecule has 1 atom stereocenters. The Labute approximate surface area is 86.6 Å². The number of aliphatic hydroxyl groups is 1. The zero-order chi connectivity index (χ0) is 11.4. The number of sulfone groups is 1. The van der Waals surface area contributed by atoms with E-state index in [0.717, 1.165) is 6.42 Å². The second-order valence-corrected chi connectivity index (χ2v) is 6.85. The molecule has 0 heterocycles. The molecule has 0 fully saturated rings. The van der Waals surface area contributed by atoms with E-state index in [0.29, 0.717) is 6.54 Å². The molecule has 0 radical (unpaired) electrons. The predicted octanol–water partition coefficient (Wildman–Crippen LogP) is 0.170. The second-order valence-electron chi connectivity index (χ2n) is 4.20. The summed E-state index contributed by atoms with van der Waals surface area (Å²) in [6, 6.07) is -0.0176. The lowest BCUT2D eigenvalue weighted by atomic mass is 10.1. The van der Waals surface area contributed by atoms with E-state index in [1.807, 2.05) is 6.92 Å². The summed E-state index contributed by atoms with van der Waals surface area (Å²) in [6.45, 7) is 5.71. The van der Waals surface area contributed by atoms with Gasteiger partial charge in [-0.05, 0) is 20.3 Å². The van der Waals surface area contributed by atoms with Crippen molar-refractivity contribution in [2.75, 3.05) is 19.4 Å². The van der Waals surface area contributed by atoms with E-state index in [2.05, 4.69) is 5.32 Å². The van der Waals surface area contributed by atoms with Crippen LogP contribution in [0.5, 0.6) is 0 Å². The third-order valence-electron chi connectivity index (χ3n) is 2.53. The molecule has 0 spiro atoms. The van der Waals surface area contributed by atoms with Crippen LogP contribution in [-0.4, -0.2) is 43.7 Å². The standard InChI is InChI=1S/C9H21NO3S/c1-5-8(6-11)10-7-9(2,3)14(4,12)13/h8,10-11H,5-7H2,1-4H3/t8-/m1/s1. The number of rotatable bonds is 6. The van der Waals surface area contributed by atoms with Crippen LogP contribution in [0.1, 0.15) is 27.2 Å². The summed E-state index contributed by atoms with van der Waals surface area (Å²) < 4.78 is 21.9. The molecular formula is C9H21NO3S. The SMILES string of the molecule is CC[C@H](CO)NCC(C)(C)S(C)(=O)=O. The third-order valence-corrected chi connectivity index (χ3v) is 4.69. The fraction of sp³-hybridized carbons (Fsp3) is 1.00. The molecule has 0 unspecified atom stereocenters. The summed E-state index contributed by atoms with van der Waals surface area (Å²) >= 11 is 0. The van der Waals surface area contributed by atoms with E-state index in [-0.39, 0.29) is 12.6 Å². The average Bonchev–Trinajstić information content (AvgIpc) is 2.04. The van der Waals surface area contributed by atoms with Crippen molar-refractivity contribution in [1.82, 2.24) is 5.32 Å². The van der Waals surface area contributed by atoms with E-state index in [1.54, 1.807) is 13.8 Å². The minimum atomic E-state index is -3.06. The van der Waals surface area contributed by atoms with Crippen LogP contribution in [0, 0.1) is 0 Å². The Hall–Kier alpha value is -0.130. The van der Waals surface area contributed by atoms with Crippen LogP contribution in [0.15, 0.2) is 0 Å². The molecule has 2 N–H and O–H groups in total. The van der Waals surface area contributed by atoms with Gasteiger partial charge in [-0.1, -0.05) is 6.92 Å². The normalized spacial score (nSPS) is 15.5. The van der Waals surface area contributed by atoms with Crippen molar-refractivity contribution < 1.29 is 13.5 Å². The molecule has 0 aliphatic heterocycles. The predicted molar refractivity (Wildman–Crippen MR) is 58.1 cm³/mol. The van der Waals surface area contributed by atoms with Crippen LogP contribution in [0.3, 0.4) is 0 Å². The van der Waals surface area contributed by atoms with Crippen molar-refractivity contribution in [1.29, 1.82) is 0 Å². The molecule has 0 aliphatic rings. The first-order valence-corrected chi connectivity index (χ1v) is 6.67. The topological polar surface area (TPSA) is 66.4 Å². The molecule has 0 amide bonds. The molecule has 0 aromatic carbocycles. The summed E-state index contributed by atoms with van der Waals surface area (Å²) in [4.78, 5) is 0. The summed E-state index contributed by atoms with van der Waals surface area (Å²) in [7, 11) is -3.06. The fourth-order valence-electron chi connectivity index (χ4n) is 0.859. The molecule has 0 saturated heterocycles. The van der Waals surface area contributed by atoms with E-state index in [1.165, 1.54) is 6.26 Å². The van der Waals surface area contributed by atoms with Gasteiger partial charge in [0.2, 0.25) is 0 Å². The number of hydrogen-bond acceptors (Lipinski definition) is 4. The monoisotopic (exact) mass is 223 g/mol. The van der Waals surface area contributed by atoms with Crippen LogP contribution >= 0.6 is 0 Å². The average molecular weight is 223 g/mol. The minimum Gasteiger partial charge on any atom is -0.395 e. The lowest BCUT2D eigenvalue weighted by molar-refractivity contribution is 0.236. The highest BCUT2D eigenvalue weighted by molar-refractivity contribution is 7.92. The first-order valence-electron chi connectivity index (χ1n) is 4.78. The van der Waals surface area contributed by atoms with Crippen LogP contribution in [-0.2, 0) is 9.84 Å². The van der Waals surface area contributed by atoms with Crippen molar-refractivity contribution >= 4 is 9.84 Å². The highest BCUT2D eigenvalue weighted by Crippen LogP contribution is 2.13.